The number of anilines is 1. The molecule has 4 heteroatoms. The predicted molar refractivity (Wildman–Crippen MR) is 84.8 cm³/mol. The van der Waals surface area contributed by atoms with Crippen molar-refractivity contribution in [2.75, 3.05) is 25.1 Å². The Hall–Kier alpha value is -2.54. The molecular weight excluding hydrogens is 279 g/mol. The second-order valence-corrected chi connectivity index (χ2v) is 5.30. The van der Waals surface area contributed by atoms with E-state index < -0.39 is 5.67 Å². The van der Waals surface area contributed by atoms with Crippen molar-refractivity contribution in [2.24, 2.45) is 0 Å². The van der Waals surface area contributed by atoms with E-state index in [0.717, 1.165) is 11.4 Å². The fourth-order valence-electron chi connectivity index (χ4n) is 2.52. The first kappa shape index (κ1) is 14.4. The van der Waals surface area contributed by atoms with Crippen molar-refractivity contribution in [1.29, 1.82) is 0 Å². The molecule has 1 unspecified atom stereocenters. The van der Waals surface area contributed by atoms with Gasteiger partial charge in [-0.3, -0.25) is 0 Å². The average Bonchev–Trinajstić information content (AvgIpc) is 2.97. The first-order valence-corrected chi connectivity index (χ1v) is 7.21. The van der Waals surface area contributed by atoms with Crippen LogP contribution in [0.15, 0.2) is 48.7 Å². The predicted octanol–water partition coefficient (Wildman–Crippen LogP) is 3.06. The monoisotopic (exact) mass is 296 g/mol. The van der Waals surface area contributed by atoms with Crippen molar-refractivity contribution in [3.63, 3.8) is 0 Å². The van der Waals surface area contributed by atoms with E-state index >= 15 is 0 Å². The first-order valence-electron chi connectivity index (χ1n) is 7.21. The first-order chi connectivity index (χ1) is 10.7. The van der Waals surface area contributed by atoms with Crippen LogP contribution in [0.1, 0.15) is 12.1 Å². The van der Waals surface area contributed by atoms with Gasteiger partial charge in [-0.15, -0.1) is 0 Å². The normalized spacial score (nSPS) is 20.4. The molecule has 1 aliphatic heterocycles. The summed E-state index contributed by atoms with van der Waals surface area (Å²) in [6, 6.07) is 13.1. The lowest BCUT2D eigenvalue weighted by atomic mass is 10.1. The Labute approximate surface area is 129 Å². The minimum Gasteiger partial charge on any atom is -0.497 e. The third kappa shape index (κ3) is 3.20. The number of nitrogens with zero attached hydrogens (tertiary/aromatic N) is 2. The minimum absolute atomic E-state index is 0.264. The number of methoxy groups -OCH3 is 1. The molecule has 1 aromatic heterocycles. The van der Waals surface area contributed by atoms with Gasteiger partial charge in [0.25, 0.3) is 0 Å². The number of alkyl halides is 1. The molecule has 0 saturated carbocycles. The number of ether oxygens (including phenoxy) is 1. The number of hydrogen-bond donors (Lipinski definition) is 0. The lowest BCUT2D eigenvalue weighted by Crippen LogP contribution is -2.27. The van der Waals surface area contributed by atoms with Crippen molar-refractivity contribution in [3.8, 4) is 17.6 Å². The Balaban J connectivity index is 1.75. The van der Waals surface area contributed by atoms with Crippen molar-refractivity contribution in [1.82, 2.24) is 4.98 Å². The van der Waals surface area contributed by atoms with Crippen LogP contribution in [0, 0.1) is 11.8 Å². The quantitative estimate of drug-likeness (QED) is 0.796. The van der Waals surface area contributed by atoms with Gasteiger partial charge in [-0.05, 0) is 30.2 Å². The van der Waals surface area contributed by atoms with Crippen LogP contribution in [0.4, 0.5) is 10.1 Å². The molecule has 22 heavy (non-hydrogen) atoms. The van der Waals surface area contributed by atoms with Gasteiger partial charge in [0.2, 0.25) is 0 Å². The number of benzene rings is 1. The van der Waals surface area contributed by atoms with Crippen LogP contribution >= 0.6 is 0 Å². The smallest absolute Gasteiger partial charge is 0.190 e. The maximum atomic E-state index is 14.8. The fraction of sp³-hybridized carbons (Fsp3) is 0.278. The van der Waals surface area contributed by atoms with E-state index in [4.69, 9.17) is 4.74 Å². The molecule has 3 nitrogen and oxygen atoms in total. The molecule has 2 heterocycles. The molecule has 1 aliphatic rings. The molecule has 1 atom stereocenters. The molecule has 0 aliphatic carbocycles. The van der Waals surface area contributed by atoms with Crippen molar-refractivity contribution >= 4 is 5.69 Å². The molecule has 2 aromatic rings. The van der Waals surface area contributed by atoms with E-state index in [1.807, 2.05) is 41.3 Å². The third-order valence-electron chi connectivity index (χ3n) is 3.72. The molecule has 112 valence electrons. The molecular formula is C18H17FN2O. The SMILES string of the molecule is COc1cccc(N2CCC(F)(C#Cc3ccccn3)C2)c1. The highest BCUT2D eigenvalue weighted by Crippen LogP contribution is 2.31. The third-order valence-corrected chi connectivity index (χ3v) is 3.72. The van der Waals surface area contributed by atoms with Gasteiger partial charge in [-0.25, -0.2) is 9.37 Å². The number of hydrogen-bond acceptors (Lipinski definition) is 3. The van der Waals surface area contributed by atoms with Gasteiger partial charge in [0, 0.05) is 30.9 Å². The largest absolute Gasteiger partial charge is 0.497 e. The summed E-state index contributed by atoms with van der Waals surface area (Å²) in [6.45, 7) is 0.903. The summed E-state index contributed by atoms with van der Waals surface area (Å²) in [5.74, 6) is 6.36. The minimum atomic E-state index is -1.50. The van der Waals surface area contributed by atoms with E-state index in [9.17, 15) is 4.39 Å². The van der Waals surface area contributed by atoms with Gasteiger partial charge in [0.05, 0.1) is 13.7 Å². The van der Waals surface area contributed by atoms with E-state index in [1.165, 1.54) is 0 Å². The molecule has 1 saturated heterocycles. The summed E-state index contributed by atoms with van der Waals surface area (Å²) in [6.07, 6.45) is 2.05. The van der Waals surface area contributed by atoms with Crippen LogP contribution in [0.5, 0.6) is 5.75 Å². The fourth-order valence-corrected chi connectivity index (χ4v) is 2.52. The highest BCUT2D eigenvalue weighted by Gasteiger charge is 2.37. The summed E-state index contributed by atoms with van der Waals surface area (Å²) in [5, 5.41) is 0. The van der Waals surface area contributed by atoms with Crippen LogP contribution in [0.25, 0.3) is 0 Å². The molecule has 0 amide bonds. The van der Waals surface area contributed by atoms with Crippen molar-refractivity contribution in [2.45, 2.75) is 12.1 Å². The summed E-state index contributed by atoms with van der Waals surface area (Å²) < 4.78 is 20.1. The molecule has 0 spiro atoms. The summed E-state index contributed by atoms with van der Waals surface area (Å²) in [4.78, 5) is 6.10. The summed E-state index contributed by atoms with van der Waals surface area (Å²) >= 11 is 0. The summed E-state index contributed by atoms with van der Waals surface area (Å²) in [5.41, 5.74) is 0.0542. The Morgan fingerprint density at radius 3 is 2.95 bits per heavy atom. The second-order valence-electron chi connectivity index (χ2n) is 5.30. The number of aromatic nitrogens is 1. The van der Waals surface area contributed by atoms with Gasteiger partial charge in [0.15, 0.2) is 5.67 Å². The number of pyridine rings is 1. The van der Waals surface area contributed by atoms with Crippen LogP contribution in [-0.2, 0) is 0 Å². The molecule has 0 bridgehead atoms. The van der Waals surface area contributed by atoms with Crippen LogP contribution < -0.4 is 9.64 Å². The van der Waals surface area contributed by atoms with Gasteiger partial charge < -0.3 is 9.64 Å². The Bertz CT molecular complexity index is 708. The maximum absolute atomic E-state index is 14.8. The Morgan fingerprint density at radius 2 is 2.18 bits per heavy atom. The molecule has 0 radical (unpaired) electrons. The van der Waals surface area contributed by atoms with Gasteiger partial charge >= 0.3 is 0 Å². The highest BCUT2D eigenvalue weighted by atomic mass is 19.1. The standard InChI is InChI=1S/C18H17FN2O/c1-22-17-7-4-6-16(13-17)21-12-10-18(19,14-21)9-8-15-5-2-3-11-20-15/h2-7,11,13H,10,12,14H2,1H3. The molecule has 1 aromatic carbocycles. The average molecular weight is 296 g/mol. The number of rotatable bonds is 2. The lowest BCUT2D eigenvalue weighted by Gasteiger charge is -2.19. The maximum Gasteiger partial charge on any atom is 0.190 e. The molecule has 1 fully saturated rings. The Morgan fingerprint density at radius 1 is 1.27 bits per heavy atom. The summed E-state index contributed by atoms with van der Waals surface area (Å²) in [7, 11) is 1.63. The van der Waals surface area contributed by atoms with E-state index in [2.05, 4.69) is 16.8 Å². The molecule has 0 N–H and O–H groups in total. The van der Waals surface area contributed by atoms with E-state index in [1.54, 1.807) is 19.4 Å². The lowest BCUT2D eigenvalue weighted by molar-refractivity contribution is 0.274. The van der Waals surface area contributed by atoms with Crippen molar-refractivity contribution < 1.29 is 9.13 Å². The van der Waals surface area contributed by atoms with E-state index in [-0.39, 0.29) is 6.54 Å². The van der Waals surface area contributed by atoms with Crippen molar-refractivity contribution in [3.05, 3.63) is 54.4 Å². The van der Waals surface area contributed by atoms with Gasteiger partial charge in [-0.1, -0.05) is 18.1 Å². The number of halogens is 1. The van der Waals surface area contributed by atoms with Crippen LogP contribution in [-0.4, -0.2) is 30.9 Å². The van der Waals surface area contributed by atoms with E-state index in [0.29, 0.717) is 18.7 Å². The zero-order valence-corrected chi connectivity index (χ0v) is 12.4. The second kappa shape index (κ2) is 6.07. The van der Waals surface area contributed by atoms with Crippen LogP contribution in [0.3, 0.4) is 0 Å². The highest BCUT2D eigenvalue weighted by molar-refractivity contribution is 5.53. The molecule has 3 rings (SSSR count). The Kier molecular flexibility index (Phi) is 3.97. The zero-order chi connectivity index (χ0) is 15.4. The van der Waals surface area contributed by atoms with Gasteiger partial charge in [-0.2, -0.15) is 0 Å². The zero-order valence-electron chi connectivity index (χ0n) is 12.4. The van der Waals surface area contributed by atoms with Crippen LogP contribution in [0.2, 0.25) is 0 Å². The van der Waals surface area contributed by atoms with Gasteiger partial charge in [0.1, 0.15) is 11.4 Å². The topological polar surface area (TPSA) is 25.4 Å².